The van der Waals surface area contributed by atoms with E-state index in [-0.39, 0.29) is 5.91 Å². The van der Waals surface area contributed by atoms with Crippen LogP contribution in [-0.4, -0.2) is 17.2 Å². The Morgan fingerprint density at radius 2 is 1.85 bits per heavy atom. The van der Waals surface area contributed by atoms with Gasteiger partial charge in [-0.3, -0.25) is 9.69 Å². The molecule has 0 saturated carbocycles. The number of carbonyl (C=O) groups is 1. The molecule has 0 saturated heterocycles. The molecular formula is C16H14N2O2. The van der Waals surface area contributed by atoms with Crippen LogP contribution in [0.5, 0.6) is 0 Å². The molecule has 1 amide bonds. The molecule has 0 spiro atoms. The smallest absolute Gasteiger partial charge is 0.262 e. The number of rotatable bonds is 0. The first-order valence-electron chi connectivity index (χ1n) is 6.62. The van der Waals surface area contributed by atoms with Gasteiger partial charge in [0.05, 0.1) is 11.3 Å². The molecule has 2 heterocycles. The van der Waals surface area contributed by atoms with Crippen molar-refractivity contribution in [3.05, 3.63) is 59.7 Å². The molecular weight excluding hydrogens is 252 g/mol. The van der Waals surface area contributed by atoms with Crippen LogP contribution in [0.2, 0.25) is 0 Å². The number of nitrogens with one attached hydrogen (secondary N) is 1. The van der Waals surface area contributed by atoms with Gasteiger partial charge in [-0.05, 0) is 25.1 Å². The summed E-state index contributed by atoms with van der Waals surface area (Å²) in [5.74, 6) is -0.0745. The lowest BCUT2D eigenvalue weighted by molar-refractivity contribution is 0.0433. The molecule has 0 radical (unpaired) electrons. The Balaban J connectivity index is 1.95. The third kappa shape index (κ3) is 1.26. The van der Waals surface area contributed by atoms with E-state index < -0.39 is 11.8 Å². The highest BCUT2D eigenvalue weighted by Crippen LogP contribution is 2.46. The maximum absolute atomic E-state index is 12.7. The molecule has 2 atom stereocenters. The van der Waals surface area contributed by atoms with E-state index in [2.05, 4.69) is 5.32 Å². The van der Waals surface area contributed by atoms with Crippen molar-refractivity contribution in [2.24, 2.45) is 0 Å². The number of aliphatic hydroxyl groups is 1. The van der Waals surface area contributed by atoms with Crippen molar-refractivity contribution in [3.8, 4) is 0 Å². The number of fused-ring (bicyclic) bond motifs is 4. The van der Waals surface area contributed by atoms with E-state index in [0.717, 1.165) is 16.9 Å². The molecule has 2 aliphatic rings. The predicted octanol–water partition coefficient (Wildman–Crippen LogP) is 2.31. The van der Waals surface area contributed by atoms with Gasteiger partial charge in [0.25, 0.3) is 5.91 Å². The SMILES string of the molecule is C[C@@]1(O)c2ccccc2N2C(=O)c3ccccc3N[C@@H]21. The maximum atomic E-state index is 12.7. The zero-order valence-corrected chi connectivity index (χ0v) is 11.0. The average molecular weight is 266 g/mol. The van der Waals surface area contributed by atoms with Gasteiger partial charge in [0.1, 0.15) is 11.8 Å². The molecule has 4 nitrogen and oxygen atoms in total. The molecule has 100 valence electrons. The Bertz CT molecular complexity index is 724. The number of carbonyl (C=O) groups excluding carboxylic acids is 1. The maximum Gasteiger partial charge on any atom is 0.262 e. The third-order valence-corrected chi connectivity index (χ3v) is 4.17. The predicted molar refractivity (Wildman–Crippen MR) is 76.7 cm³/mol. The lowest BCUT2D eigenvalue weighted by Crippen LogP contribution is -2.54. The van der Waals surface area contributed by atoms with Crippen molar-refractivity contribution in [1.29, 1.82) is 0 Å². The summed E-state index contributed by atoms with van der Waals surface area (Å²) >= 11 is 0. The van der Waals surface area contributed by atoms with E-state index in [1.54, 1.807) is 17.9 Å². The fourth-order valence-corrected chi connectivity index (χ4v) is 3.15. The Labute approximate surface area is 116 Å². The second kappa shape index (κ2) is 3.61. The fraction of sp³-hybridized carbons (Fsp3) is 0.188. The summed E-state index contributed by atoms with van der Waals surface area (Å²) < 4.78 is 0. The van der Waals surface area contributed by atoms with Gasteiger partial charge in [0.15, 0.2) is 0 Å². The van der Waals surface area contributed by atoms with E-state index in [9.17, 15) is 9.90 Å². The first kappa shape index (κ1) is 11.5. The van der Waals surface area contributed by atoms with Crippen LogP contribution in [0.3, 0.4) is 0 Å². The van der Waals surface area contributed by atoms with Gasteiger partial charge in [0.2, 0.25) is 0 Å². The molecule has 2 aromatic carbocycles. The topological polar surface area (TPSA) is 52.6 Å². The van der Waals surface area contributed by atoms with E-state index in [4.69, 9.17) is 0 Å². The van der Waals surface area contributed by atoms with Crippen LogP contribution in [0.4, 0.5) is 11.4 Å². The molecule has 4 heteroatoms. The van der Waals surface area contributed by atoms with E-state index >= 15 is 0 Å². The van der Waals surface area contributed by atoms with Crippen molar-refractivity contribution in [3.63, 3.8) is 0 Å². The average Bonchev–Trinajstić information content (AvgIpc) is 2.69. The number of benzene rings is 2. The minimum absolute atomic E-state index is 0.0745. The van der Waals surface area contributed by atoms with Gasteiger partial charge in [-0.2, -0.15) is 0 Å². The Hall–Kier alpha value is -2.33. The molecule has 20 heavy (non-hydrogen) atoms. The summed E-state index contributed by atoms with van der Waals surface area (Å²) in [6.07, 6.45) is -0.470. The Morgan fingerprint density at radius 3 is 2.70 bits per heavy atom. The van der Waals surface area contributed by atoms with Crippen molar-refractivity contribution in [1.82, 2.24) is 0 Å². The van der Waals surface area contributed by atoms with Crippen LogP contribution in [-0.2, 0) is 5.60 Å². The highest BCUT2D eigenvalue weighted by atomic mass is 16.3. The Kier molecular flexibility index (Phi) is 2.07. The summed E-state index contributed by atoms with van der Waals surface area (Å²) in [4.78, 5) is 14.4. The molecule has 2 N–H and O–H groups in total. The Morgan fingerprint density at radius 1 is 1.15 bits per heavy atom. The van der Waals surface area contributed by atoms with Crippen LogP contribution < -0.4 is 10.2 Å². The number of hydrogen-bond donors (Lipinski definition) is 2. The summed E-state index contributed by atoms with van der Waals surface area (Å²) in [5.41, 5.74) is 1.84. The molecule has 0 aromatic heterocycles. The van der Waals surface area contributed by atoms with Crippen molar-refractivity contribution in [2.75, 3.05) is 10.2 Å². The third-order valence-electron chi connectivity index (χ3n) is 4.17. The van der Waals surface area contributed by atoms with Crippen LogP contribution in [0.25, 0.3) is 0 Å². The van der Waals surface area contributed by atoms with Gasteiger partial charge < -0.3 is 10.4 Å². The van der Waals surface area contributed by atoms with Gasteiger partial charge in [-0.25, -0.2) is 0 Å². The lowest BCUT2D eigenvalue weighted by atomic mass is 9.95. The van der Waals surface area contributed by atoms with E-state index in [1.165, 1.54) is 0 Å². The molecule has 0 aliphatic carbocycles. The van der Waals surface area contributed by atoms with Gasteiger partial charge in [-0.15, -0.1) is 0 Å². The number of amides is 1. The molecule has 0 fully saturated rings. The minimum atomic E-state index is -1.11. The van der Waals surface area contributed by atoms with Crippen LogP contribution >= 0.6 is 0 Å². The fourth-order valence-electron chi connectivity index (χ4n) is 3.15. The van der Waals surface area contributed by atoms with E-state index in [0.29, 0.717) is 5.56 Å². The summed E-state index contributed by atoms with van der Waals surface area (Å²) in [7, 11) is 0. The van der Waals surface area contributed by atoms with Gasteiger partial charge in [-0.1, -0.05) is 30.3 Å². The van der Waals surface area contributed by atoms with Crippen LogP contribution in [0, 0.1) is 0 Å². The van der Waals surface area contributed by atoms with Crippen molar-refractivity contribution >= 4 is 17.3 Å². The molecule has 2 aromatic rings. The van der Waals surface area contributed by atoms with Crippen LogP contribution in [0.1, 0.15) is 22.8 Å². The molecule has 4 rings (SSSR count). The zero-order valence-electron chi connectivity index (χ0n) is 11.0. The van der Waals surface area contributed by atoms with E-state index in [1.807, 2.05) is 42.5 Å². The highest BCUT2D eigenvalue weighted by Gasteiger charge is 2.51. The summed E-state index contributed by atoms with van der Waals surface area (Å²) in [6.45, 7) is 1.74. The van der Waals surface area contributed by atoms with Crippen molar-refractivity contribution in [2.45, 2.75) is 18.7 Å². The zero-order chi connectivity index (χ0) is 13.9. The monoisotopic (exact) mass is 266 g/mol. The second-order valence-corrected chi connectivity index (χ2v) is 5.43. The number of anilines is 2. The number of para-hydroxylation sites is 2. The normalized spacial score (nSPS) is 26.6. The standard InChI is InChI=1S/C16H14N2O2/c1-16(20)11-7-3-5-9-13(11)18-14(19)10-6-2-4-8-12(10)17-15(16)18/h2-9,15,17,20H,1H3/t15-,16+/m0/s1. The summed E-state index contributed by atoms with van der Waals surface area (Å²) in [6, 6.07) is 14.9. The van der Waals surface area contributed by atoms with Gasteiger partial charge in [0, 0.05) is 11.3 Å². The van der Waals surface area contributed by atoms with Crippen LogP contribution in [0.15, 0.2) is 48.5 Å². The molecule has 0 unspecified atom stereocenters. The first-order chi connectivity index (χ1) is 9.60. The quantitative estimate of drug-likeness (QED) is 0.769. The minimum Gasteiger partial charge on any atom is -0.381 e. The largest absolute Gasteiger partial charge is 0.381 e. The summed E-state index contributed by atoms with van der Waals surface area (Å²) in [5, 5.41) is 14.1. The number of hydrogen-bond acceptors (Lipinski definition) is 3. The lowest BCUT2D eigenvalue weighted by Gasteiger charge is -2.37. The second-order valence-electron chi connectivity index (χ2n) is 5.43. The highest BCUT2D eigenvalue weighted by molar-refractivity contribution is 6.13. The molecule has 2 aliphatic heterocycles. The van der Waals surface area contributed by atoms with Gasteiger partial charge >= 0.3 is 0 Å². The first-order valence-corrected chi connectivity index (χ1v) is 6.62. The van der Waals surface area contributed by atoms with Crippen molar-refractivity contribution < 1.29 is 9.90 Å². The number of nitrogens with zero attached hydrogens (tertiary/aromatic N) is 1. The molecule has 0 bridgehead atoms.